The maximum atomic E-state index is 5.38. The molecule has 2 rings (SSSR count). The average molecular weight is 235 g/mol. The second-order valence-corrected chi connectivity index (χ2v) is 3.54. The molecule has 16 heavy (non-hydrogen) atoms. The van der Waals surface area contributed by atoms with E-state index in [2.05, 4.69) is 30.5 Å². The van der Waals surface area contributed by atoms with Crippen LogP contribution in [0.15, 0.2) is 48.5 Å². The minimum absolute atomic E-state index is 0. The number of hydrogen-bond donors (Lipinski definition) is 2. The lowest BCUT2D eigenvalue weighted by atomic mass is 10.0. The van der Waals surface area contributed by atoms with Crippen LogP contribution >= 0.6 is 12.4 Å². The Kier molecular flexibility index (Phi) is 4.35. The van der Waals surface area contributed by atoms with Gasteiger partial charge in [0.05, 0.1) is 0 Å². The number of nitrogen functional groups attached to an aromatic ring is 1. The molecule has 0 spiro atoms. The van der Waals surface area contributed by atoms with Gasteiger partial charge in [-0.2, -0.15) is 0 Å². The quantitative estimate of drug-likeness (QED) is 0.618. The highest BCUT2D eigenvalue weighted by atomic mass is 35.5. The normalized spacial score (nSPS) is 9.38. The fraction of sp³-hybridized carbons (Fsp3) is 0.0769. The number of hydrogen-bond acceptors (Lipinski definition) is 2. The summed E-state index contributed by atoms with van der Waals surface area (Å²) in [4.78, 5) is 0. The number of nitrogens with two attached hydrogens (primary N) is 1. The van der Waals surface area contributed by atoms with E-state index in [4.69, 9.17) is 5.84 Å². The van der Waals surface area contributed by atoms with Crippen LogP contribution in [0, 0.1) is 6.92 Å². The second kappa shape index (κ2) is 5.54. The topological polar surface area (TPSA) is 38.0 Å². The molecule has 0 heterocycles. The molecule has 3 N–H and O–H groups in total. The Balaban J connectivity index is 0.00000128. The minimum atomic E-state index is 0. The Hall–Kier alpha value is -1.51. The van der Waals surface area contributed by atoms with E-state index < -0.39 is 0 Å². The Bertz CT molecular complexity index is 469. The lowest BCUT2D eigenvalue weighted by molar-refractivity contribution is 1.35. The van der Waals surface area contributed by atoms with Gasteiger partial charge < -0.3 is 5.43 Å². The third-order valence-electron chi connectivity index (χ3n) is 2.49. The molecule has 2 aromatic carbocycles. The summed E-state index contributed by atoms with van der Waals surface area (Å²) in [5.74, 6) is 5.38. The van der Waals surface area contributed by atoms with Gasteiger partial charge in [-0.25, -0.2) is 0 Å². The number of hydrazine groups is 1. The van der Waals surface area contributed by atoms with Gasteiger partial charge in [0.25, 0.3) is 0 Å². The summed E-state index contributed by atoms with van der Waals surface area (Å²) >= 11 is 0. The third kappa shape index (κ3) is 2.54. The van der Waals surface area contributed by atoms with E-state index in [1.54, 1.807) is 0 Å². The summed E-state index contributed by atoms with van der Waals surface area (Å²) in [5, 5.41) is 0. The van der Waals surface area contributed by atoms with Crippen LogP contribution < -0.4 is 11.3 Å². The molecule has 0 aliphatic carbocycles. The number of aryl methyl sites for hydroxylation is 1. The molecule has 0 unspecified atom stereocenters. The molecule has 2 nitrogen and oxygen atoms in total. The van der Waals surface area contributed by atoms with Crippen molar-refractivity contribution in [2.75, 3.05) is 5.43 Å². The summed E-state index contributed by atoms with van der Waals surface area (Å²) in [6.07, 6.45) is 0. The molecule has 0 bridgehead atoms. The van der Waals surface area contributed by atoms with E-state index in [1.165, 1.54) is 16.7 Å². The molecule has 0 saturated carbocycles. The SMILES string of the molecule is Cc1ccccc1-c1cccc(NN)c1.Cl. The van der Waals surface area contributed by atoms with Gasteiger partial charge in [0.1, 0.15) is 0 Å². The first-order chi connectivity index (χ1) is 7.31. The monoisotopic (exact) mass is 234 g/mol. The van der Waals surface area contributed by atoms with Crippen LogP contribution in [0.25, 0.3) is 11.1 Å². The van der Waals surface area contributed by atoms with Crippen LogP contribution in [0.4, 0.5) is 5.69 Å². The van der Waals surface area contributed by atoms with Gasteiger partial charge in [-0.05, 0) is 35.7 Å². The Labute approximate surface area is 102 Å². The van der Waals surface area contributed by atoms with Crippen LogP contribution in [0.2, 0.25) is 0 Å². The third-order valence-corrected chi connectivity index (χ3v) is 2.49. The van der Waals surface area contributed by atoms with Crippen molar-refractivity contribution in [2.45, 2.75) is 6.92 Å². The number of anilines is 1. The van der Waals surface area contributed by atoms with Crippen molar-refractivity contribution in [1.82, 2.24) is 0 Å². The molecule has 0 aromatic heterocycles. The van der Waals surface area contributed by atoms with Gasteiger partial charge in [-0.3, -0.25) is 5.84 Å². The van der Waals surface area contributed by atoms with Crippen LogP contribution in [0.1, 0.15) is 5.56 Å². The van der Waals surface area contributed by atoms with Gasteiger partial charge >= 0.3 is 0 Å². The minimum Gasteiger partial charge on any atom is -0.324 e. The second-order valence-electron chi connectivity index (χ2n) is 3.54. The van der Waals surface area contributed by atoms with Crippen molar-refractivity contribution < 1.29 is 0 Å². The van der Waals surface area contributed by atoms with Gasteiger partial charge in [0.15, 0.2) is 0 Å². The molecular formula is C13H15ClN2. The van der Waals surface area contributed by atoms with E-state index in [1.807, 2.05) is 30.3 Å². The van der Waals surface area contributed by atoms with Crippen molar-refractivity contribution in [2.24, 2.45) is 5.84 Å². The van der Waals surface area contributed by atoms with Gasteiger partial charge in [0, 0.05) is 5.69 Å². The highest BCUT2D eigenvalue weighted by Crippen LogP contribution is 2.24. The Morgan fingerprint density at radius 3 is 2.44 bits per heavy atom. The lowest BCUT2D eigenvalue weighted by Crippen LogP contribution is -2.06. The molecule has 3 heteroatoms. The predicted octanol–water partition coefficient (Wildman–Crippen LogP) is 3.37. The number of halogens is 1. The molecule has 0 amide bonds. The zero-order valence-corrected chi connectivity index (χ0v) is 9.92. The molecule has 0 radical (unpaired) electrons. The number of nitrogens with one attached hydrogen (secondary N) is 1. The summed E-state index contributed by atoms with van der Waals surface area (Å²) < 4.78 is 0. The summed E-state index contributed by atoms with van der Waals surface area (Å²) in [6, 6.07) is 16.4. The maximum Gasteiger partial charge on any atom is 0.0491 e. The fourth-order valence-corrected chi connectivity index (χ4v) is 1.67. The highest BCUT2D eigenvalue weighted by Gasteiger charge is 2.00. The molecule has 2 aromatic rings. The van der Waals surface area contributed by atoms with E-state index in [-0.39, 0.29) is 12.4 Å². The first-order valence-electron chi connectivity index (χ1n) is 4.94. The molecule has 0 aliphatic heterocycles. The molecular weight excluding hydrogens is 220 g/mol. The predicted molar refractivity (Wildman–Crippen MR) is 71.7 cm³/mol. The van der Waals surface area contributed by atoms with Crippen LogP contribution in [-0.2, 0) is 0 Å². The van der Waals surface area contributed by atoms with Crippen molar-refractivity contribution in [3.8, 4) is 11.1 Å². The zero-order valence-electron chi connectivity index (χ0n) is 9.10. The van der Waals surface area contributed by atoms with Gasteiger partial charge in [-0.1, -0.05) is 36.4 Å². The maximum absolute atomic E-state index is 5.38. The van der Waals surface area contributed by atoms with Crippen molar-refractivity contribution >= 4 is 18.1 Å². The van der Waals surface area contributed by atoms with E-state index in [9.17, 15) is 0 Å². The molecule has 0 aliphatic rings. The van der Waals surface area contributed by atoms with E-state index in [0.717, 1.165) is 5.69 Å². The fourth-order valence-electron chi connectivity index (χ4n) is 1.67. The summed E-state index contributed by atoms with van der Waals surface area (Å²) in [5.41, 5.74) is 7.28. The van der Waals surface area contributed by atoms with Crippen molar-refractivity contribution in [3.63, 3.8) is 0 Å². The standard InChI is InChI=1S/C13H14N2.ClH/c1-10-5-2-3-8-13(10)11-6-4-7-12(9-11)15-14;/h2-9,15H,14H2,1H3;1H. The first kappa shape index (κ1) is 12.6. The molecule has 0 saturated heterocycles. The highest BCUT2D eigenvalue weighted by molar-refractivity contribution is 5.85. The zero-order chi connectivity index (χ0) is 10.7. The summed E-state index contributed by atoms with van der Waals surface area (Å²) in [7, 11) is 0. The Morgan fingerprint density at radius 2 is 1.75 bits per heavy atom. The number of rotatable bonds is 2. The Morgan fingerprint density at radius 1 is 1.00 bits per heavy atom. The summed E-state index contributed by atoms with van der Waals surface area (Å²) in [6.45, 7) is 2.11. The van der Waals surface area contributed by atoms with Crippen LogP contribution in [0.5, 0.6) is 0 Å². The first-order valence-corrected chi connectivity index (χ1v) is 4.94. The average Bonchev–Trinajstić information content (AvgIpc) is 2.30. The molecule has 84 valence electrons. The van der Waals surface area contributed by atoms with Crippen LogP contribution in [-0.4, -0.2) is 0 Å². The van der Waals surface area contributed by atoms with E-state index in [0.29, 0.717) is 0 Å². The lowest BCUT2D eigenvalue weighted by Gasteiger charge is -2.07. The van der Waals surface area contributed by atoms with Crippen molar-refractivity contribution in [3.05, 3.63) is 54.1 Å². The van der Waals surface area contributed by atoms with Gasteiger partial charge in [0.2, 0.25) is 0 Å². The van der Waals surface area contributed by atoms with Crippen molar-refractivity contribution in [1.29, 1.82) is 0 Å². The van der Waals surface area contributed by atoms with Crippen LogP contribution in [0.3, 0.4) is 0 Å². The largest absolute Gasteiger partial charge is 0.324 e. The smallest absolute Gasteiger partial charge is 0.0491 e. The molecule has 0 atom stereocenters. The number of benzene rings is 2. The molecule has 0 fully saturated rings. The van der Waals surface area contributed by atoms with E-state index >= 15 is 0 Å². The van der Waals surface area contributed by atoms with Gasteiger partial charge in [-0.15, -0.1) is 12.4 Å².